The van der Waals surface area contributed by atoms with Gasteiger partial charge in [-0.2, -0.15) is 0 Å². The third-order valence-corrected chi connectivity index (χ3v) is 4.34. The topological polar surface area (TPSA) is 33.4 Å². The molecule has 1 unspecified atom stereocenters. The number of anilines is 1. The van der Waals surface area contributed by atoms with Gasteiger partial charge in [-0.15, -0.1) is 0 Å². The molecular formula is C22H34N4. The first kappa shape index (κ1) is 21.7. The van der Waals surface area contributed by atoms with Crippen molar-refractivity contribution >= 4 is 11.3 Å². The zero-order valence-corrected chi connectivity index (χ0v) is 17.6. The summed E-state index contributed by atoms with van der Waals surface area (Å²) in [6.07, 6.45) is 5.72. The monoisotopic (exact) mass is 354 g/mol. The molecule has 2 heterocycles. The Hall–Kier alpha value is -2.36. The number of rotatable bonds is 4. The minimum Gasteiger partial charge on any atom is -0.375 e. The first-order valence-electron chi connectivity index (χ1n) is 9.71. The van der Waals surface area contributed by atoms with E-state index < -0.39 is 0 Å². The maximum atomic E-state index is 4.59. The molecule has 0 saturated carbocycles. The SMILES string of the molecule is CC.CC.CCN(C)c1cccc(C(C)c2nccn3c(C)cnc23)c1. The van der Waals surface area contributed by atoms with Gasteiger partial charge in [-0.25, -0.2) is 4.98 Å². The van der Waals surface area contributed by atoms with Crippen LogP contribution in [0.1, 0.15) is 64.4 Å². The quantitative estimate of drug-likeness (QED) is 0.603. The number of hydrogen-bond donors (Lipinski definition) is 0. The summed E-state index contributed by atoms with van der Waals surface area (Å²) in [7, 11) is 2.11. The number of aromatic nitrogens is 3. The van der Waals surface area contributed by atoms with Crippen LogP contribution >= 0.6 is 0 Å². The number of benzene rings is 1. The van der Waals surface area contributed by atoms with Crippen molar-refractivity contribution in [2.45, 2.75) is 54.4 Å². The third-order valence-electron chi connectivity index (χ3n) is 4.34. The maximum Gasteiger partial charge on any atom is 0.159 e. The van der Waals surface area contributed by atoms with Crippen LogP contribution in [0.2, 0.25) is 0 Å². The molecule has 0 bridgehead atoms. The number of aryl methyl sites for hydroxylation is 1. The predicted molar refractivity (Wildman–Crippen MR) is 113 cm³/mol. The van der Waals surface area contributed by atoms with Crippen LogP contribution in [0.25, 0.3) is 5.65 Å². The van der Waals surface area contributed by atoms with Crippen molar-refractivity contribution in [3.05, 3.63) is 59.8 Å². The van der Waals surface area contributed by atoms with Crippen LogP contribution in [0.4, 0.5) is 5.69 Å². The summed E-state index contributed by atoms with van der Waals surface area (Å²) in [6.45, 7) is 15.4. The minimum atomic E-state index is 0.204. The zero-order chi connectivity index (χ0) is 19.7. The van der Waals surface area contributed by atoms with Crippen molar-refractivity contribution in [2.75, 3.05) is 18.5 Å². The van der Waals surface area contributed by atoms with Gasteiger partial charge in [0.15, 0.2) is 5.65 Å². The molecule has 0 aliphatic carbocycles. The molecule has 0 aliphatic rings. The summed E-state index contributed by atoms with van der Waals surface area (Å²) in [4.78, 5) is 11.4. The number of imidazole rings is 1. The van der Waals surface area contributed by atoms with E-state index in [2.05, 4.69) is 71.4 Å². The Morgan fingerprint density at radius 1 is 1.12 bits per heavy atom. The van der Waals surface area contributed by atoms with Crippen LogP contribution in [-0.4, -0.2) is 28.0 Å². The van der Waals surface area contributed by atoms with Gasteiger partial charge >= 0.3 is 0 Å². The first-order valence-corrected chi connectivity index (χ1v) is 9.71. The van der Waals surface area contributed by atoms with Crippen molar-refractivity contribution in [1.82, 2.24) is 14.4 Å². The lowest BCUT2D eigenvalue weighted by molar-refractivity contribution is 0.856. The van der Waals surface area contributed by atoms with Crippen molar-refractivity contribution < 1.29 is 0 Å². The molecule has 0 radical (unpaired) electrons. The van der Waals surface area contributed by atoms with Crippen LogP contribution in [0.15, 0.2) is 42.9 Å². The van der Waals surface area contributed by atoms with Gasteiger partial charge in [0, 0.05) is 49.5 Å². The fraction of sp³-hybridized carbons (Fsp3) is 0.455. The standard InChI is InChI=1S/C18H22N4.2C2H6/c1-5-21(4)16-8-6-7-15(11-16)14(3)17-18-20-12-13(2)22(18)10-9-19-17;2*1-2/h6-12,14H,5H2,1-4H3;2*1-2H3. The van der Waals surface area contributed by atoms with Crippen molar-refractivity contribution in [3.8, 4) is 0 Å². The molecule has 1 aromatic carbocycles. The van der Waals surface area contributed by atoms with Gasteiger partial charge in [0.2, 0.25) is 0 Å². The average Bonchev–Trinajstić information content (AvgIpc) is 3.11. The Bertz CT molecular complexity index is 792. The number of hydrogen-bond acceptors (Lipinski definition) is 3. The van der Waals surface area contributed by atoms with Crippen LogP contribution < -0.4 is 4.90 Å². The van der Waals surface area contributed by atoms with Crippen LogP contribution in [0, 0.1) is 6.92 Å². The average molecular weight is 355 g/mol. The van der Waals surface area contributed by atoms with Gasteiger partial charge in [-0.3, -0.25) is 4.98 Å². The Morgan fingerprint density at radius 3 is 2.46 bits per heavy atom. The van der Waals surface area contributed by atoms with E-state index in [1.54, 1.807) is 0 Å². The Morgan fingerprint density at radius 2 is 1.81 bits per heavy atom. The normalized spacial score (nSPS) is 11.1. The van der Waals surface area contributed by atoms with Gasteiger partial charge in [-0.1, -0.05) is 46.8 Å². The smallest absolute Gasteiger partial charge is 0.159 e. The summed E-state index contributed by atoms with van der Waals surface area (Å²) in [6, 6.07) is 8.67. The molecular weight excluding hydrogens is 320 g/mol. The molecule has 0 aliphatic heterocycles. The van der Waals surface area contributed by atoms with Gasteiger partial charge < -0.3 is 9.30 Å². The molecule has 26 heavy (non-hydrogen) atoms. The summed E-state index contributed by atoms with van der Waals surface area (Å²) in [5, 5.41) is 0. The number of nitrogens with zero attached hydrogens (tertiary/aromatic N) is 4. The summed E-state index contributed by atoms with van der Waals surface area (Å²) in [5.74, 6) is 0.204. The van der Waals surface area contributed by atoms with E-state index in [0.29, 0.717) is 0 Å². The lowest BCUT2D eigenvalue weighted by Crippen LogP contribution is -2.16. The molecule has 0 N–H and O–H groups in total. The van der Waals surface area contributed by atoms with Crippen molar-refractivity contribution in [2.24, 2.45) is 0 Å². The van der Waals surface area contributed by atoms with Gasteiger partial charge in [0.1, 0.15) is 0 Å². The molecule has 142 valence electrons. The van der Waals surface area contributed by atoms with Gasteiger partial charge in [0.25, 0.3) is 0 Å². The molecule has 2 aromatic heterocycles. The molecule has 0 spiro atoms. The third kappa shape index (κ3) is 4.63. The highest BCUT2D eigenvalue weighted by molar-refractivity contribution is 5.53. The van der Waals surface area contributed by atoms with E-state index in [1.807, 2.05) is 46.3 Å². The van der Waals surface area contributed by atoms with E-state index in [4.69, 9.17) is 0 Å². The highest BCUT2D eigenvalue weighted by atomic mass is 15.1. The second-order valence-corrected chi connectivity index (χ2v) is 5.74. The van der Waals surface area contributed by atoms with Crippen molar-refractivity contribution in [1.29, 1.82) is 0 Å². The Labute approximate surface area is 158 Å². The fourth-order valence-electron chi connectivity index (χ4n) is 2.74. The summed E-state index contributed by atoms with van der Waals surface area (Å²) >= 11 is 0. The van der Waals surface area contributed by atoms with Crippen LogP contribution in [0.3, 0.4) is 0 Å². The van der Waals surface area contributed by atoms with E-state index in [-0.39, 0.29) is 5.92 Å². The molecule has 4 heteroatoms. The Balaban J connectivity index is 0.000000791. The maximum absolute atomic E-state index is 4.59. The molecule has 4 nitrogen and oxygen atoms in total. The molecule has 1 atom stereocenters. The lowest BCUT2D eigenvalue weighted by atomic mass is 9.97. The second-order valence-electron chi connectivity index (χ2n) is 5.74. The highest BCUT2D eigenvalue weighted by Gasteiger charge is 2.16. The summed E-state index contributed by atoms with van der Waals surface area (Å²) < 4.78 is 2.10. The van der Waals surface area contributed by atoms with Crippen molar-refractivity contribution in [3.63, 3.8) is 0 Å². The number of fused-ring (bicyclic) bond motifs is 1. The molecule has 0 saturated heterocycles. The molecule has 0 fully saturated rings. The van der Waals surface area contributed by atoms with Crippen LogP contribution in [0.5, 0.6) is 0 Å². The highest BCUT2D eigenvalue weighted by Crippen LogP contribution is 2.28. The molecule has 3 aromatic rings. The van der Waals surface area contributed by atoms with Gasteiger partial charge in [0.05, 0.1) is 5.69 Å². The van der Waals surface area contributed by atoms with E-state index in [9.17, 15) is 0 Å². The fourth-order valence-corrected chi connectivity index (χ4v) is 2.74. The minimum absolute atomic E-state index is 0.204. The lowest BCUT2D eigenvalue weighted by Gasteiger charge is -2.19. The largest absolute Gasteiger partial charge is 0.375 e. The Kier molecular flexibility index (Phi) is 8.83. The summed E-state index contributed by atoms with van der Waals surface area (Å²) in [5.41, 5.74) is 5.59. The molecule has 3 rings (SSSR count). The van der Waals surface area contributed by atoms with E-state index >= 15 is 0 Å². The zero-order valence-electron chi connectivity index (χ0n) is 17.6. The second kappa shape index (κ2) is 10.6. The molecule has 0 amide bonds. The van der Waals surface area contributed by atoms with E-state index in [0.717, 1.165) is 23.6 Å². The van der Waals surface area contributed by atoms with Gasteiger partial charge in [-0.05, 0) is 31.5 Å². The predicted octanol–water partition coefficient (Wildman–Crippen LogP) is 5.70. The van der Waals surface area contributed by atoms with E-state index in [1.165, 1.54) is 11.3 Å². The first-order chi connectivity index (χ1) is 12.6. The van der Waals surface area contributed by atoms with Crippen LogP contribution in [-0.2, 0) is 0 Å².